The molecule has 0 amide bonds. The number of nitrogens with zero attached hydrogens (tertiary/aromatic N) is 1. The van der Waals surface area contributed by atoms with E-state index in [1.165, 1.54) is 0 Å². The van der Waals surface area contributed by atoms with Gasteiger partial charge in [-0.15, -0.1) is 0 Å². The number of pyridine rings is 1. The number of fused-ring (bicyclic) bond motifs is 1. The molecule has 0 N–H and O–H groups in total. The lowest BCUT2D eigenvalue weighted by atomic mass is 10.0. The fraction of sp³-hybridized carbons (Fsp3) is 0.0667. The van der Waals surface area contributed by atoms with Gasteiger partial charge < -0.3 is 4.74 Å². The zero-order chi connectivity index (χ0) is 11.7. The molecule has 3 rings (SSSR count). The normalized spacial score (nSPS) is 16.5. The Morgan fingerprint density at radius 2 is 1.82 bits per heavy atom. The summed E-state index contributed by atoms with van der Waals surface area (Å²) < 4.78 is 5.34. The second-order valence-electron chi connectivity index (χ2n) is 3.90. The Balaban J connectivity index is 2.10. The van der Waals surface area contributed by atoms with Crippen molar-refractivity contribution in [2.75, 3.05) is 7.11 Å². The molecule has 0 aliphatic heterocycles. The van der Waals surface area contributed by atoms with Crippen molar-refractivity contribution >= 4 is 10.9 Å². The van der Waals surface area contributed by atoms with E-state index in [0.717, 1.165) is 28.3 Å². The molecule has 2 aromatic rings. The molecule has 1 heterocycles. The first-order valence-electron chi connectivity index (χ1n) is 5.54. The zero-order valence-electron chi connectivity index (χ0n) is 9.55. The van der Waals surface area contributed by atoms with Gasteiger partial charge in [0, 0.05) is 17.0 Å². The summed E-state index contributed by atoms with van der Waals surface area (Å²) in [7, 11) is 1.67. The molecule has 2 nitrogen and oxygen atoms in total. The molecule has 1 fully saturated rings. The third kappa shape index (κ3) is 1.88. The van der Waals surface area contributed by atoms with Gasteiger partial charge in [0.2, 0.25) is 0 Å². The van der Waals surface area contributed by atoms with Crippen LogP contribution in [-0.4, -0.2) is 12.1 Å². The van der Waals surface area contributed by atoms with Gasteiger partial charge in [0.05, 0.1) is 7.11 Å². The Morgan fingerprint density at radius 3 is 2.59 bits per heavy atom. The Kier molecular flexibility index (Phi) is 2.71. The molecule has 83 valence electrons. The highest BCUT2D eigenvalue weighted by molar-refractivity contribution is 5.85. The van der Waals surface area contributed by atoms with E-state index in [-0.39, 0.29) is 0 Å². The van der Waals surface area contributed by atoms with Gasteiger partial charge in [-0.25, -0.2) is 4.98 Å². The number of hydrogen-bond donors (Lipinski definition) is 0. The van der Waals surface area contributed by atoms with Crippen molar-refractivity contribution in [2.45, 2.75) is 0 Å². The van der Waals surface area contributed by atoms with Crippen LogP contribution in [0.5, 0.6) is 5.75 Å². The lowest BCUT2D eigenvalue weighted by Gasteiger charge is -2.10. The summed E-state index contributed by atoms with van der Waals surface area (Å²) in [5, 5.41) is 1.10. The molecule has 17 heavy (non-hydrogen) atoms. The molecule has 2 heteroatoms. The molecule has 0 spiro atoms. The van der Waals surface area contributed by atoms with Crippen molar-refractivity contribution in [1.29, 1.82) is 0 Å². The Labute approximate surface area is 102 Å². The first-order chi connectivity index (χ1) is 8.38. The fourth-order valence-electron chi connectivity index (χ4n) is 1.99. The first kappa shape index (κ1) is 10.6. The van der Waals surface area contributed by atoms with Crippen LogP contribution in [-0.2, 0) is 0 Å². The molecule has 1 aliphatic rings. The van der Waals surface area contributed by atoms with Crippen LogP contribution >= 0.6 is 0 Å². The third-order valence-corrected chi connectivity index (χ3v) is 2.86. The van der Waals surface area contributed by atoms with Gasteiger partial charge in [0.1, 0.15) is 11.3 Å². The van der Waals surface area contributed by atoms with Crippen LogP contribution in [0, 0.1) is 31.6 Å². The summed E-state index contributed by atoms with van der Waals surface area (Å²) in [6, 6.07) is 10.1. The molecule has 5 radical (unpaired) electrons. The van der Waals surface area contributed by atoms with Crippen LogP contribution in [0.25, 0.3) is 10.9 Å². The topological polar surface area (TPSA) is 22.1 Å². The second kappa shape index (κ2) is 4.36. The molecular formula is C15H12NO. The lowest BCUT2D eigenvalue weighted by Crippen LogP contribution is -1.99. The maximum atomic E-state index is 5.34. The molecule has 1 aromatic heterocycles. The van der Waals surface area contributed by atoms with Gasteiger partial charge in [0.25, 0.3) is 0 Å². The maximum absolute atomic E-state index is 5.34. The van der Waals surface area contributed by atoms with Gasteiger partial charge in [-0.2, -0.15) is 0 Å². The van der Waals surface area contributed by atoms with Gasteiger partial charge in [-0.3, -0.25) is 0 Å². The first-order valence-corrected chi connectivity index (χ1v) is 5.54. The van der Waals surface area contributed by atoms with E-state index in [1.807, 2.05) is 37.1 Å². The average Bonchev–Trinajstić information content (AvgIpc) is 2.91. The SMILES string of the molecule is COc1cccc2ccc([C]3[CH][CH][CH][CH]3)nc12. The molecule has 1 saturated carbocycles. The lowest BCUT2D eigenvalue weighted by molar-refractivity contribution is 0.419. The second-order valence-corrected chi connectivity index (χ2v) is 3.90. The van der Waals surface area contributed by atoms with Crippen LogP contribution in [0.1, 0.15) is 5.69 Å². The number of benzene rings is 1. The maximum Gasteiger partial charge on any atom is 0.145 e. The molecular weight excluding hydrogens is 210 g/mol. The van der Waals surface area contributed by atoms with E-state index in [0.29, 0.717) is 0 Å². The number of hydrogen-bond acceptors (Lipinski definition) is 2. The number of ether oxygens (including phenoxy) is 1. The van der Waals surface area contributed by atoms with E-state index in [1.54, 1.807) is 7.11 Å². The largest absolute Gasteiger partial charge is 0.494 e. The van der Waals surface area contributed by atoms with E-state index in [4.69, 9.17) is 4.74 Å². The van der Waals surface area contributed by atoms with Gasteiger partial charge >= 0.3 is 0 Å². The van der Waals surface area contributed by atoms with E-state index in [9.17, 15) is 0 Å². The standard InChI is InChI=1S/C15H12NO/c1-17-14-8-4-7-12-9-10-13(16-15(12)14)11-5-2-3-6-11/h2-10H,1H3. The van der Waals surface area contributed by atoms with Crippen molar-refractivity contribution in [3.05, 3.63) is 67.6 Å². The van der Waals surface area contributed by atoms with Crippen molar-refractivity contribution in [1.82, 2.24) is 4.98 Å². The summed E-state index contributed by atoms with van der Waals surface area (Å²) in [5.74, 6) is 1.95. The predicted molar refractivity (Wildman–Crippen MR) is 67.8 cm³/mol. The van der Waals surface area contributed by atoms with Gasteiger partial charge in [-0.05, 0) is 37.8 Å². The number of aromatic nitrogens is 1. The third-order valence-electron chi connectivity index (χ3n) is 2.86. The highest BCUT2D eigenvalue weighted by Gasteiger charge is 2.20. The number of para-hydroxylation sites is 1. The number of methoxy groups -OCH3 is 1. The predicted octanol–water partition coefficient (Wildman–Crippen LogP) is 3.00. The van der Waals surface area contributed by atoms with Gasteiger partial charge in [-0.1, -0.05) is 18.2 Å². The van der Waals surface area contributed by atoms with Crippen molar-refractivity contribution < 1.29 is 4.74 Å². The zero-order valence-corrected chi connectivity index (χ0v) is 9.55. The summed E-state index contributed by atoms with van der Waals surface area (Å²) in [6.45, 7) is 0. The van der Waals surface area contributed by atoms with Gasteiger partial charge in [0.15, 0.2) is 0 Å². The molecule has 0 atom stereocenters. The summed E-state index contributed by atoms with van der Waals surface area (Å²) >= 11 is 0. The fourth-order valence-corrected chi connectivity index (χ4v) is 1.99. The Hall–Kier alpha value is -1.57. The van der Waals surface area contributed by atoms with E-state index < -0.39 is 0 Å². The quantitative estimate of drug-likeness (QED) is 0.779. The molecule has 1 aliphatic carbocycles. The molecule has 0 bridgehead atoms. The van der Waals surface area contributed by atoms with Crippen molar-refractivity contribution in [2.24, 2.45) is 0 Å². The molecule has 0 unspecified atom stereocenters. The van der Waals surface area contributed by atoms with Crippen LogP contribution < -0.4 is 4.74 Å². The smallest absolute Gasteiger partial charge is 0.145 e. The Bertz CT molecular complexity index is 529. The number of rotatable bonds is 2. The monoisotopic (exact) mass is 222 g/mol. The highest BCUT2D eigenvalue weighted by Crippen LogP contribution is 2.31. The van der Waals surface area contributed by atoms with Crippen LogP contribution in [0.15, 0.2) is 30.3 Å². The highest BCUT2D eigenvalue weighted by atomic mass is 16.5. The van der Waals surface area contributed by atoms with E-state index >= 15 is 0 Å². The van der Waals surface area contributed by atoms with Crippen LogP contribution in [0.3, 0.4) is 0 Å². The van der Waals surface area contributed by atoms with Crippen LogP contribution in [0.2, 0.25) is 0 Å². The van der Waals surface area contributed by atoms with Crippen molar-refractivity contribution in [3.63, 3.8) is 0 Å². The van der Waals surface area contributed by atoms with E-state index in [2.05, 4.69) is 23.9 Å². The summed E-state index contributed by atoms with van der Waals surface area (Å²) in [4.78, 5) is 4.66. The van der Waals surface area contributed by atoms with Crippen LogP contribution in [0.4, 0.5) is 0 Å². The minimum absolute atomic E-state index is 0.816. The summed E-state index contributed by atoms with van der Waals surface area (Å²) in [6.07, 6.45) is 8.15. The Morgan fingerprint density at radius 1 is 1.00 bits per heavy atom. The minimum atomic E-state index is 0.816. The minimum Gasteiger partial charge on any atom is -0.494 e. The molecule has 1 aromatic carbocycles. The molecule has 0 saturated heterocycles. The van der Waals surface area contributed by atoms with Crippen molar-refractivity contribution in [3.8, 4) is 5.75 Å². The average molecular weight is 222 g/mol. The summed E-state index contributed by atoms with van der Waals surface area (Å²) in [5.41, 5.74) is 1.89.